The molecule has 3 aromatic rings. The predicted octanol–water partition coefficient (Wildman–Crippen LogP) is 7.71. The van der Waals surface area contributed by atoms with Crippen LogP contribution in [-0.2, 0) is 10.0 Å². The maximum Gasteiger partial charge on any atom is 0.387 e. The molecular weight excluding hydrogens is 677 g/mol. The molecule has 0 fully saturated rings. The van der Waals surface area contributed by atoms with E-state index in [1.54, 1.807) is 0 Å². The lowest BCUT2D eigenvalue weighted by atomic mass is 9.98. The number of halogens is 4. The van der Waals surface area contributed by atoms with Gasteiger partial charge in [-0.1, -0.05) is 42.8 Å². The Balaban J connectivity index is 2.09. The molecule has 0 aliphatic rings. The fraction of sp³-hybridized carbons (Fsp3) is 0.467. The summed E-state index contributed by atoms with van der Waals surface area (Å²) in [5.41, 5.74) is -1.45. The van der Waals surface area contributed by atoms with E-state index in [9.17, 15) is 29.1 Å². The number of aliphatic hydroxyl groups excluding tert-OH is 2. The van der Waals surface area contributed by atoms with Gasteiger partial charge in [0, 0.05) is 40.0 Å². The average Bonchev–Trinajstić information content (AvgIpc) is 2.92. The molecule has 0 saturated carbocycles. The highest BCUT2D eigenvalue weighted by atomic mass is 79.9. The highest BCUT2D eigenvalue weighted by Gasteiger charge is 2.43. The van der Waals surface area contributed by atoms with Crippen molar-refractivity contribution in [2.24, 2.45) is 0 Å². The molecule has 0 bridgehead atoms. The molecule has 1 heterocycles. The quantitative estimate of drug-likeness (QED) is 0.0923. The molecule has 246 valence electrons. The van der Waals surface area contributed by atoms with Crippen molar-refractivity contribution in [2.75, 3.05) is 11.9 Å². The molecule has 10 nitrogen and oxygen atoms in total. The fourth-order valence-corrected chi connectivity index (χ4v) is 6.80. The highest BCUT2D eigenvalue weighted by Crippen LogP contribution is 2.43. The number of hydrogen-bond donors (Lipinski definition) is 3. The maximum atomic E-state index is 15.4. The first kappa shape index (κ1) is 36.4. The van der Waals surface area contributed by atoms with Crippen LogP contribution in [0.15, 0.2) is 47.2 Å². The zero-order valence-electron chi connectivity index (χ0n) is 26.1. The SMILES string of the molecule is CC(C)(O[Si](C)(C)C(C)(C)C)c1ncc(-c2cc(N[C@H](CC(O)CO)c3c(Br)cccc3OC(F)F)c([N+](=O)[O-])cc2F)cn1. The molecule has 2 aromatic carbocycles. The topological polar surface area (TPSA) is 140 Å². The van der Waals surface area contributed by atoms with Crippen LogP contribution in [0.1, 0.15) is 58.5 Å². The molecule has 0 aliphatic heterocycles. The van der Waals surface area contributed by atoms with E-state index < -0.39 is 55.7 Å². The van der Waals surface area contributed by atoms with Gasteiger partial charge in [0.05, 0.1) is 29.7 Å². The van der Waals surface area contributed by atoms with Crippen LogP contribution < -0.4 is 10.1 Å². The Bertz CT molecular complexity index is 1510. The average molecular weight is 716 g/mol. The molecule has 0 amide bonds. The largest absolute Gasteiger partial charge is 0.434 e. The standard InChI is InChI=1S/C30H38BrF3N4O6Si/c1-29(2,3)45(6,7)44-30(4,5)27-35-14-17(15-36-27)19-12-22(24(38(41)42)13-21(19)32)37-23(11-18(40)16-39)26-20(31)9-8-10-25(26)43-28(33)34/h8-10,12-15,18,23,28,37,39-40H,11,16H2,1-7H3/t18?,23-/m1/s1. The Labute approximate surface area is 269 Å². The third kappa shape index (κ3) is 8.79. The Morgan fingerprint density at radius 3 is 2.29 bits per heavy atom. The number of anilines is 1. The number of nitro benzene ring substituents is 1. The van der Waals surface area contributed by atoms with Gasteiger partial charge in [-0.3, -0.25) is 10.1 Å². The van der Waals surface area contributed by atoms with Crippen molar-refractivity contribution in [1.82, 2.24) is 9.97 Å². The van der Waals surface area contributed by atoms with Crippen molar-refractivity contribution in [3.05, 3.63) is 74.5 Å². The lowest BCUT2D eigenvalue weighted by molar-refractivity contribution is -0.384. The van der Waals surface area contributed by atoms with E-state index in [1.165, 1.54) is 36.7 Å². The van der Waals surface area contributed by atoms with Gasteiger partial charge in [0.2, 0.25) is 0 Å². The van der Waals surface area contributed by atoms with Gasteiger partial charge in [-0.15, -0.1) is 0 Å². The monoisotopic (exact) mass is 714 g/mol. The summed E-state index contributed by atoms with van der Waals surface area (Å²) < 4.78 is 53.4. The van der Waals surface area contributed by atoms with Gasteiger partial charge in [-0.25, -0.2) is 14.4 Å². The van der Waals surface area contributed by atoms with Crippen LogP contribution in [0.25, 0.3) is 11.1 Å². The number of alkyl halides is 2. The van der Waals surface area contributed by atoms with Gasteiger partial charge in [0.1, 0.15) is 22.9 Å². The Hall–Kier alpha value is -3.11. The van der Waals surface area contributed by atoms with E-state index in [0.29, 0.717) is 10.3 Å². The van der Waals surface area contributed by atoms with E-state index in [1.807, 2.05) is 13.8 Å². The second-order valence-corrected chi connectivity index (χ2v) is 18.2. The zero-order valence-corrected chi connectivity index (χ0v) is 28.7. The number of nitro groups is 1. The lowest BCUT2D eigenvalue weighted by Crippen LogP contribution is -2.46. The molecule has 45 heavy (non-hydrogen) atoms. The third-order valence-corrected chi connectivity index (χ3v) is 13.1. The van der Waals surface area contributed by atoms with Crippen LogP contribution in [0.4, 0.5) is 24.5 Å². The van der Waals surface area contributed by atoms with Crippen LogP contribution >= 0.6 is 15.9 Å². The van der Waals surface area contributed by atoms with Crippen LogP contribution in [0, 0.1) is 15.9 Å². The maximum absolute atomic E-state index is 15.4. The molecule has 0 aliphatic carbocycles. The minimum Gasteiger partial charge on any atom is -0.434 e. The molecule has 1 aromatic heterocycles. The molecule has 2 atom stereocenters. The molecule has 1 unspecified atom stereocenters. The number of nitrogens with zero attached hydrogens (tertiary/aromatic N) is 3. The summed E-state index contributed by atoms with van der Waals surface area (Å²) in [5, 5.41) is 34.6. The number of benzene rings is 2. The summed E-state index contributed by atoms with van der Waals surface area (Å²) in [5.74, 6) is -0.816. The summed E-state index contributed by atoms with van der Waals surface area (Å²) in [6.07, 6.45) is 1.17. The first-order valence-electron chi connectivity index (χ1n) is 14.1. The van der Waals surface area contributed by atoms with Crippen molar-refractivity contribution >= 4 is 35.6 Å². The van der Waals surface area contributed by atoms with E-state index >= 15 is 4.39 Å². The van der Waals surface area contributed by atoms with Gasteiger partial charge >= 0.3 is 6.61 Å². The van der Waals surface area contributed by atoms with Crippen LogP contribution in [0.5, 0.6) is 5.75 Å². The number of nitrogens with one attached hydrogen (secondary N) is 1. The van der Waals surface area contributed by atoms with E-state index in [2.05, 4.69) is 69.8 Å². The zero-order chi connectivity index (χ0) is 33.9. The van der Waals surface area contributed by atoms with Gasteiger partial charge in [-0.2, -0.15) is 8.78 Å². The third-order valence-electron chi connectivity index (χ3n) is 7.73. The first-order valence-corrected chi connectivity index (χ1v) is 17.8. The molecule has 0 spiro atoms. The summed E-state index contributed by atoms with van der Waals surface area (Å²) in [4.78, 5) is 20.1. The van der Waals surface area contributed by atoms with Crippen molar-refractivity contribution < 1.29 is 37.5 Å². The number of rotatable bonds is 13. The summed E-state index contributed by atoms with van der Waals surface area (Å²) >= 11 is 3.30. The number of aliphatic hydroxyl groups is 2. The predicted molar refractivity (Wildman–Crippen MR) is 170 cm³/mol. The van der Waals surface area contributed by atoms with Gasteiger partial charge in [0.25, 0.3) is 5.69 Å². The van der Waals surface area contributed by atoms with Crippen molar-refractivity contribution in [3.63, 3.8) is 0 Å². The van der Waals surface area contributed by atoms with Crippen molar-refractivity contribution in [3.8, 4) is 16.9 Å². The molecule has 0 radical (unpaired) electrons. The van der Waals surface area contributed by atoms with Crippen LogP contribution in [-0.4, -0.2) is 52.7 Å². The number of aromatic nitrogens is 2. The molecular formula is C30H38BrF3N4O6Si. The highest BCUT2D eigenvalue weighted by molar-refractivity contribution is 9.10. The Morgan fingerprint density at radius 2 is 1.76 bits per heavy atom. The minimum atomic E-state index is -3.19. The molecule has 3 N–H and O–H groups in total. The first-order chi connectivity index (χ1) is 20.8. The fourth-order valence-electron chi connectivity index (χ4n) is 4.50. The summed E-state index contributed by atoms with van der Waals surface area (Å²) in [6, 6.07) is 5.06. The minimum absolute atomic E-state index is 0.0672. The smallest absolute Gasteiger partial charge is 0.387 e. The van der Waals surface area contributed by atoms with E-state index in [-0.39, 0.29) is 39.6 Å². The van der Waals surface area contributed by atoms with Gasteiger partial charge < -0.3 is 24.7 Å². The van der Waals surface area contributed by atoms with E-state index in [4.69, 9.17) is 4.43 Å². The van der Waals surface area contributed by atoms with Gasteiger partial charge in [0.15, 0.2) is 14.1 Å². The van der Waals surface area contributed by atoms with Crippen LogP contribution in [0.2, 0.25) is 18.1 Å². The van der Waals surface area contributed by atoms with Crippen molar-refractivity contribution in [1.29, 1.82) is 0 Å². The number of ether oxygens (including phenoxy) is 1. The van der Waals surface area contributed by atoms with Crippen LogP contribution in [0.3, 0.4) is 0 Å². The Kier molecular flexibility index (Phi) is 11.4. The normalized spacial score (nSPS) is 13.9. The second-order valence-electron chi connectivity index (χ2n) is 12.6. The van der Waals surface area contributed by atoms with E-state index in [0.717, 1.165) is 6.07 Å². The summed E-state index contributed by atoms with van der Waals surface area (Å²) in [7, 11) is -2.21. The Morgan fingerprint density at radius 1 is 1.13 bits per heavy atom. The molecule has 3 rings (SSSR count). The molecule has 15 heteroatoms. The number of hydrogen-bond acceptors (Lipinski definition) is 9. The molecule has 0 saturated heterocycles. The second kappa shape index (κ2) is 14.1. The van der Waals surface area contributed by atoms with Gasteiger partial charge in [-0.05, 0) is 50.2 Å². The van der Waals surface area contributed by atoms with Crippen molar-refractivity contribution in [2.45, 2.75) is 83.5 Å². The summed E-state index contributed by atoms with van der Waals surface area (Å²) in [6.45, 7) is 10.4. The lowest BCUT2D eigenvalue weighted by Gasteiger charge is -2.42.